The fourth-order valence-electron chi connectivity index (χ4n) is 6.65. The lowest BCUT2D eigenvalue weighted by atomic mass is 9.84. The molecule has 0 fully saturated rings. The molecule has 0 radical (unpaired) electrons. The molecule has 0 bridgehead atoms. The molecule has 0 aromatic carbocycles. The van der Waals surface area contributed by atoms with Gasteiger partial charge in [0.15, 0.2) is 0 Å². The van der Waals surface area contributed by atoms with E-state index in [1.54, 1.807) is 0 Å². The number of aliphatic hydroxyl groups is 1. The number of aliphatic hydroxyl groups excluding tert-OH is 1. The van der Waals surface area contributed by atoms with E-state index in [2.05, 4.69) is 18.0 Å². The quantitative estimate of drug-likeness (QED) is 0.0442. The number of hydrogen-bond donors (Lipinski definition) is 3. The predicted molar refractivity (Wildman–Crippen MR) is 206 cm³/mol. The monoisotopic (exact) mass is 692 g/mol. The van der Waals surface area contributed by atoms with Gasteiger partial charge >= 0.3 is 10.4 Å². The molecule has 0 amide bonds. The van der Waals surface area contributed by atoms with Crippen molar-refractivity contribution in [3.63, 3.8) is 0 Å². The van der Waals surface area contributed by atoms with Crippen LogP contribution in [0.25, 0.3) is 0 Å². The number of rotatable bonds is 37. The van der Waals surface area contributed by atoms with E-state index in [4.69, 9.17) is 10.3 Å². The van der Waals surface area contributed by atoms with Crippen LogP contribution >= 0.6 is 0 Å². The van der Waals surface area contributed by atoms with Gasteiger partial charge in [-0.1, -0.05) is 219 Å². The maximum Gasteiger partial charge on any atom is 0.397 e. The summed E-state index contributed by atoms with van der Waals surface area (Å²) in [6.45, 7) is 4.84. The van der Waals surface area contributed by atoms with Crippen molar-refractivity contribution in [2.24, 2.45) is 5.73 Å². The van der Waals surface area contributed by atoms with Gasteiger partial charge in [0.05, 0.1) is 7.11 Å². The summed E-state index contributed by atoms with van der Waals surface area (Å²) >= 11 is 0. The second-order valence-corrected chi connectivity index (χ2v) is 15.7. The minimum Gasteiger partial charge on any atom is -0.396 e. The minimum atomic E-state index is -4.16. The molecule has 47 heavy (non-hydrogen) atoms. The van der Waals surface area contributed by atoms with Gasteiger partial charge in [0.1, 0.15) is 0 Å². The van der Waals surface area contributed by atoms with Crippen molar-refractivity contribution in [2.45, 2.75) is 244 Å². The molecular weight excluding hydrogens is 607 g/mol. The van der Waals surface area contributed by atoms with Gasteiger partial charge in [0.2, 0.25) is 0 Å². The summed E-state index contributed by atoms with van der Waals surface area (Å²) in [4.78, 5) is 0. The standard InChI is InChI=1S/C39H81NO.CH4O4S/c1-3-5-7-9-11-13-15-17-19-21-23-25-27-29-31-33-35-39(40,37-38-41)36-34-32-30-28-26-24-22-20-18-16-14-12-10-8-6-4-2;1-5-6(2,3)4/h41H,3-38,40H2,1-2H3;1H3,(H,2,3,4). The topological polar surface area (TPSA) is 110 Å². The Balaban J connectivity index is 0. The summed E-state index contributed by atoms with van der Waals surface area (Å²) in [6.07, 6.45) is 48.2. The summed E-state index contributed by atoms with van der Waals surface area (Å²) in [5.74, 6) is 0. The van der Waals surface area contributed by atoms with E-state index in [1.807, 2.05) is 0 Å². The first-order valence-corrected chi connectivity index (χ1v) is 22.0. The SMILES string of the molecule is CCCCCCCCCCCCCCCCCCC(N)(CCO)CCCCCCCCCCCCCCCCCC.COS(=O)(=O)O. The highest BCUT2D eigenvalue weighted by molar-refractivity contribution is 7.80. The van der Waals surface area contributed by atoms with Crippen LogP contribution in [0.5, 0.6) is 0 Å². The molecule has 0 saturated carbocycles. The van der Waals surface area contributed by atoms with E-state index >= 15 is 0 Å². The van der Waals surface area contributed by atoms with Crippen molar-refractivity contribution in [2.75, 3.05) is 13.7 Å². The zero-order valence-corrected chi connectivity index (χ0v) is 32.9. The average Bonchev–Trinajstić information content (AvgIpc) is 3.04. The van der Waals surface area contributed by atoms with Crippen molar-refractivity contribution < 1.29 is 22.3 Å². The second-order valence-electron chi connectivity index (χ2n) is 14.5. The fourth-order valence-corrected chi connectivity index (χ4v) is 6.65. The summed E-state index contributed by atoms with van der Waals surface area (Å²) < 4.78 is 29.7. The molecule has 0 aromatic rings. The molecule has 0 aliphatic carbocycles. The summed E-state index contributed by atoms with van der Waals surface area (Å²) in [6, 6.07) is 0. The molecule has 0 aliphatic heterocycles. The van der Waals surface area contributed by atoms with Gasteiger partial charge in [-0.2, -0.15) is 8.42 Å². The molecule has 4 N–H and O–H groups in total. The van der Waals surface area contributed by atoms with Gasteiger partial charge in [-0.25, -0.2) is 0 Å². The average molecular weight is 692 g/mol. The Hall–Kier alpha value is -0.210. The molecule has 0 rings (SSSR count). The van der Waals surface area contributed by atoms with Crippen molar-refractivity contribution in [3.8, 4) is 0 Å². The van der Waals surface area contributed by atoms with Gasteiger partial charge in [0.25, 0.3) is 0 Å². The van der Waals surface area contributed by atoms with Crippen molar-refractivity contribution in [1.82, 2.24) is 0 Å². The molecule has 0 spiro atoms. The van der Waals surface area contributed by atoms with Crippen LogP contribution in [0.4, 0.5) is 0 Å². The highest BCUT2D eigenvalue weighted by atomic mass is 32.3. The van der Waals surface area contributed by atoms with Crippen LogP contribution in [0.3, 0.4) is 0 Å². The van der Waals surface area contributed by atoms with E-state index < -0.39 is 10.4 Å². The minimum absolute atomic E-state index is 0.124. The first kappa shape index (κ1) is 48.9. The summed E-state index contributed by atoms with van der Waals surface area (Å²) in [5, 5.41) is 9.59. The van der Waals surface area contributed by atoms with E-state index in [9.17, 15) is 13.5 Å². The fraction of sp³-hybridized carbons (Fsp3) is 1.00. The molecule has 0 unspecified atom stereocenters. The maximum absolute atomic E-state index is 9.59. The summed E-state index contributed by atoms with van der Waals surface area (Å²) in [5.41, 5.74) is 6.65. The third-order valence-corrected chi connectivity index (χ3v) is 10.3. The number of unbranched alkanes of at least 4 members (excludes halogenated alkanes) is 30. The van der Waals surface area contributed by atoms with Crippen molar-refractivity contribution in [1.29, 1.82) is 0 Å². The zero-order valence-electron chi connectivity index (χ0n) is 32.1. The molecule has 0 atom stereocenters. The van der Waals surface area contributed by atoms with Crippen LogP contribution < -0.4 is 5.73 Å². The second kappa shape index (κ2) is 38.6. The molecule has 0 aliphatic rings. The lowest BCUT2D eigenvalue weighted by Crippen LogP contribution is -2.40. The third kappa shape index (κ3) is 43.8. The van der Waals surface area contributed by atoms with Gasteiger partial charge in [0, 0.05) is 12.1 Å². The number of nitrogens with two attached hydrogens (primary N) is 1. The van der Waals surface area contributed by atoms with Crippen LogP contribution in [0.1, 0.15) is 239 Å². The van der Waals surface area contributed by atoms with E-state index in [-0.39, 0.29) is 12.1 Å². The molecule has 0 aromatic heterocycles. The van der Waals surface area contributed by atoms with Gasteiger partial charge < -0.3 is 10.8 Å². The molecule has 0 saturated heterocycles. The van der Waals surface area contributed by atoms with Crippen LogP contribution in [0.15, 0.2) is 0 Å². The van der Waals surface area contributed by atoms with E-state index in [0.29, 0.717) is 0 Å². The van der Waals surface area contributed by atoms with E-state index in [1.165, 1.54) is 205 Å². The highest BCUT2D eigenvalue weighted by Crippen LogP contribution is 2.24. The Bertz CT molecular complexity index is 652. The van der Waals surface area contributed by atoms with Gasteiger partial charge in [-0.15, -0.1) is 0 Å². The number of hydrogen-bond acceptors (Lipinski definition) is 5. The van der Waals surface area contributed by atoms with Crippen molar-refractivity contribution in [3.05, 3.63) is 0 Å². The molecule has 7 heteroatoms. The predicted octanol–water partition coefficient (Wildman–Crippen LogP) is 12.8. The Morgan fingerprint density at radius 1 is 0.447 bits per heavy atom. The Labute approximate surface area is 295 Å². The third-order valence-electron chi connectivity index (χ3n) is 9.88. The molecular formula is C40H85NO5S. The largest absolute Gasteiger partial charge is 0.397 e. The van der Waals surface area contributed by atoms with Crippen LogP contribution in [-0.4, -0.2) is 37.3 Å². The molecule has 6 nitrogen and oxygen atoms in total. The first-order chi connectivity index (χ1) is 22.7. The van der Waals surface area contributed by atoms with Crippen LogP contribution in [-0.2, 0) is 14.6 Å². The van der Waals surface area contributed by atoms with Crippen LogP contribution in [0.2, 0.25) is 0 Å². The van der Waals surface area contributed by atoms with E-state index in [0.717, 1.165) is 26.4 Å². The van der Waals surface area contributed by atoms with Gasteiger partial charge in [-0.05, 0) is 19.3 Å². The molecule has 286 valence electrons. The lowest BCUT2D eigenvalue weighted by molar-refractivity contribution is 0.216. The smallest absolute Gasteiger partial charge is 0.396 e. The Morgan fingerprint density at radius 3 is 0.809 bits per heavy atom. The first-order valence-electron chi connectivity index (χ1n) is 20.7. The van der Waals surface area contributed by atoms with Crippen LogP contribution in [0, 0.1) is 0 Å². The highest BCUT2D eigenvalue weighted by Gasteiger charge is 2.23. The van der Waals surface area contributed by atoms with Gasteiger partial charge in [-0.3, -0.25) is 8.74 Å². The normalized spacial score (nSPS) is 12.0. The Morgan fingerprint density at radius 2 is 0.638 bits per heavy atom. The maximum atomic E-state index is 9.59. The summed E-state index contributed by atoms with van der Waals surface area (Å²) in [7, 11) is -3.29. The Kier molecular flexibility index (Phi) is 40.2. The molecule has 0 heterocycles. The zero-order chi connectivity index (χ0) is 35.2. The van der Waals surface area contributed by atoms with Crippen molar-refractivity contribution >= 4 is 10.4 Å². The lowest BCUT2D eigenvalue weighted by Gasteiger charge is -2.29.